The van der Waals surface area contributed by atoms with E-state index < -0.39 is 20.8 Å². The van der Waals surface area contributed by atoms with Gasteiger partial charge in [0.25, 0.3) is 0 Å². The molecule has 0 aromatic heterocycles. The molecule has 0 atom stereocenters. The molecule has 0 nitrogen and oxygen atoms in total. The fourth-order valence-corrected chi connectivity index (χ4v) is 6.32. The van der Waals surface area contributed by atoms with E-state index in [0.29, 0.717) is 5.92 Å². The molecule has 214 valence electrons. The predicted octanol–water partition coefficient (Wildman–Crippen LogP) is 11.3. The Balaban J connectivity index is 0.000000173. The molecule has 4 aromatic rings. The molecule has 0 amide bonds. The van der Waals surface area contributed by atoms with E-state index in [9.17, 15) is 0 Å². The molecule has 0 saturated carbocycles. The van der Waals surface area contributed by atoms with Crippen LogP contribution >= 0.6 is 17.0 Å². The van der Waals surface area contributed by atoms with Crippen LogP contribution in [0.3, 0.4) is 0 Å². The first-order chi connectivity index (χ1) is 19.7. The molecular formula is C38H42Cl2Zr-2. The van der Waals surface area contributed by atoms with Crippen molar-refractivity contribution in [3.05, 3.63) is 134 Å². The van der Waals surface area contributed by atoms with Crippen LogP contribution in [0.5, 0.6) is 0 Å². The molecule has 0 unspecified atom stereocenters. The Morgan fingerprint density at radius 1 is 0.854 bits per heavy atom. The zero-order valence-electron chi connectivity index (χ0n) is 25.4. The van der Waals surface area contributed by atoms with Gasteiger partial charge in [0, 0.05) is 0 Å². The molecule has 4 aromatic carbocycles. The molecule has 3 heteroatoms. The Morgan fingerprint density at radius 2 is 1.49 bits per heavy atom. The van der Waals surface area contributed by atoms with Gasteiger partial charge in [0.15, 0.2) is 0 Å². The Bertz CT molecular complexity index is 1550. The monoisotopic (exact) mass is 658 g/mol. The van der Waals surface area contributed by atoms with Crippen LogP contribution in [-0.2, 0) is 46.5 Å². The third-order valence-electron chi connectivity index (χ3n) is 8.72. The summed E-state index contributed by atoms with van der Waals surface area (Å²) in [5.74, 6) is 0.641. The average molecular weight is 661 g/mol. The van der Waals surface area contributed by atoms with E-state index in [0.717, 1.165) is 19.3 Å². The van der Waals surface area contributed by atoms with Crippen LogP contribution in [0, 0.1) is 40.5 Å². The van der Waals surface area contributed by atoms with Crippen LogP contribution in [-0.4, -0.2) is 0 Å². The molecule has 0 spiro atoms. The number of halogens is 2. The van der Waals surface area contributed by atoms with E-state index in [1.807, 2.05) is 0 Å². The number of aryl methyl sites for hydroxylation is 5. The Morgan fingerprint density at radius 3 is 2.17 bits per heavy atom. The van der Waals surface area contributed by atoms with Crippen molar-refractivity contribution in [3.8, 4) is 0 Å². The normalized spacial score (nSPS) is 13.5. The summed E-state index contributed by atoms with van der Waals surface area (Å²) < 4.78 is 0. The fraction of sp³-hybridized carbons (Fsp3) is 0.316. The first-order valence-electron chi connectivity index (χ1n) is 14.7. The van der Waals surface area contributed by atoms with Gasteiger partial charge in [-0.2, -0.15) is 23.8 Å². The first-order valence-corrected chi connectivity index (χ1v) is 21.0. The van der Waals surface area contributed by atoms with Gasteiger partial charge in [-0.25, -0.2) is 12.1 Å². The van der Waals surface area contributed by atoms with E-state index in [1.165, 1.54) is 79.3 Å². The summed E-state index contributed by atoms with van der Waals surface area (Å²) in [7, 11) is 9.87. The summed E-state index contributed by atoms with van der Waals surface area (Å²) in [5.41, 5.74) is 16.3. The summed E-state index contributed by atoms with van der Waals surface area (Å²) in [6.45, 7) is 13.5. The number of hydrogen-bond acceptors (Lipinski definition) is 0. The number of allylic oxidation sites excluding steroid dienone is 5. The third kappa shape index (κ3) is 8.13. The van der Waals surface area contributed by atoms with Crippen molar-refractivity contribution in [3.63, 3.8) is 0 Å². The zero-order chi connectivity index (χ0) is 29.5. The zero-order valence-corrected chi connectivity index (χ0v) is 29.3. The van der Waals surface area contributed by atoms with Crippen LogP contribution in [0.2, 0.25) is 0 Å². The molecule has 2 aliphatic carbocycles. The number of hydrogen-bond donors (Lipinski definition) is 0. The first kappa shape index (κ1) is 32.0. The number of fused-ring (bicyclic) bond motifs is 2. The predicted molar refractivity (Wildman–Crippen MR) is 178 cm³/mol. The second-order valence-electron chi connectivity index (χ2n) is 11.7. The summed E-state index contributed by atoms with van der Waals surface area (Å²) in [5, 5.41) is 2.85. The molecule has 0 heterocycles. The van der Waals surface area contributed by atoms with Crippen molar-refractivity contribution in [1.29, 1.82) is 0 Å². The second kappa shape index (κ2) is 15.0. The van der Waals surface area contributed by atoms with Crippen molar-refractivity contribution >= 4 is 33.9 Å². The van der Waals surface area contributed by atoms with Gasteiger partial charge < -0.3 is 0 Å². The fourth-order valence-electron chi connectivity index (χ4n) is 6.32. The van der Waals surface area contributed by atoms with Crippen LogP contribution < -0.4 is 0 Å². The Kier molecular flexibility index (Phi) is 11.7. The van der Waals surface area contributed by atoms with Gasteiger partial charge >= 0.3 is 37.9 Å². The third-order valence-corrected chi connectivity index (χ3v) is 8.72. The molecule has 0 N–H and O–H groups in total. The average Bonchev–Trinajstić information content (AvgIpc) is 3.74. The Labute approximate surface area is 266 Å². The van der Waals surface area contributed by atoms with Crippen LogP contribution in [0.15, 0.2) is 78.4 Å². The molecule has 0 fully saturated rings. The van der Waals surface area contributed by atoms with E-state index in [2.05, 4.69) is 120 Å². The SMILES string of the molecule is CC1=Cc2c(cc(C)c(C)c2CCC2C=CC=C2)C1.Cc1cc2cc(C)c(C)c(CC[c-]3cccc3)c2[cH-]1.[Cl][Zr][Cl]. The number of benzene rings is 2. The summed E-state index contributed by atoms with van der Waals surface area (Å²) in [6.07, 6.45) is 17.2. The van der Waals surface area contributed by atoms with Gasteiger partial charge in [0.2, 0.25) is 0 Å². The van der Waals surface area contributed by atoms with Crippen LogP contribution in [0.1, 0.15) is 69.0 Å². The molecule has 0 bridgehead atoms. The molecule has 2 aliphatic rings. The van der Waals surface area contributed by atoms with E-state index in [1.54, 1.807) is 5.56 Å². The van der Waals surface area contributed by atoms with E-state index >= 15 is 0 Å². The molecule has 0 aliphatic heterocycles. The van der Waals surface area contributed by atoms with Crippen LogP contribution in [0.4, 0.5) is 0 Å². The van der Waals surface area contributed by atoms with E-state index in [-0.39, 0.29) is 0 Å². The number of rotatable bonds is 6. The summed E-state index contributed by atoms with van der Waals surface area (Å²) in [4.78, 5) is 0. The quantitative estimate of drug-likeness (QED) is 0.181. The molecule has 6 rings (SSSR count). The van der Waals surface area contributed by atoms with Crippen LogP contribution in [0.25, 0.3) is 16.8 Å². The van der Waals surface area contributed by atoms with Crippen molar-refractivity contribution in [2.24, 2.45) is 5.92 Å². The van der Waals surface area contributed by atoms with Crippen molar-refractivity contribution in [2.45, 2.75) is 73.6 Å². The molecule has 0 saturated heterocycles. The standard InChI is InChI=1S/C19H22.C19H20.2ClH.Zr/c2*1-13-10-17-12-14(2)15(3)18(19(17)11-13)9-8-16-6-4-5-7-16;;;/h4-7,11-12,16H,8-10H2,1-3H3;4-7,10-12H,8-9H2,1-3H3;2*1H;/q;-2;;;+2/p-2. The van der Waals surface area contributed by atoms with Gasteiger partial charge in [-0.3, -0.25) is 0 Å². The summed E-state index contributed by atoms with van der Waals surface area (Å²) >= 11 is -0.826. The Hall–Kier alpha value is -1.92. The minimum absolute atomic E-state index is 0.641. The molecule has 0 radical (unpaired) electrons. The second-order valence-corrected chi connectivity index (χ2v) is 15.4. The maximum atomic E-state index is 4.93. The maximum absolute atomic E-state index is 4.93. The van der Waals surface area contributed by atoms with Gasteiger partial charge in [0.1, 0.15) is 0 Å². The summed E-state index contributed by atoms with van der Waals surface area (Å²) in [6, 6.07) is 18.0. The van der Waals surface area contributed by atoms with Gasteiger partial charge in [0.05, 0.1) is 0 Å². The van der Waals surface area contributed by atoms with Crippen molar-refractivity contribution in [2.75, 3.05) is 0 Å². The van der Waals surface area contributed by atoms with Gasteiger partial charge in [-0.1, -0.05) is 72.9 Å². The van der Waals surface area contributed by atoms with Crippen molar-refractivity contribution < 1.29 is 20.8 Å². The molecular weight excluding hydrogens is 619 g/mol. The molecule has 41 heavy (non-hydrogen) atoms. The van der Waals surface area contributed by atoms with Gasteiger partial charge in [-0.05, 0) is 87.6 Å². The van der Waals surface area contributed by atoms with Crippen molar-refractivity contribution in [1.82, 2.24) is 0 Å². The van der Waals surface area contributed by atoms with Gasteiger partial charge in [-0.15, -0.1) is 34.0 Å². The topological polar surface area (TPSA) is 0 Å². The minimum atomic E-state index is -0.826. The van der Waals surface area contributed by atoms with E-state index in [4.69, 9.17) is 17.0 Å².